The molecule has 0 saturated heterocycles. The zero-order chi connectivity index (χ0) is 25.2. The maximum absolute atomic E-state index is 13.5. The van der Waals surface area contributed by atoms with Crippen molar-refractivity contribution in [2.75, 3.05) is 5.75 Å². The minimum atomic E-state index is -0.465. The lowest BCUT2D eigenvalue weighted by atomic mass is 9.46. The van der Waals surface area contributed by atoms with Gasteiger partial charge in [0.2, 0.25) is 0 Å². The molecule has 1 N–H and O–H groups in total. The van der Waals surface area contributed by atoms with E-state index in [0.717, 1.165) is 55.2 Å². The second-order valence-corrected chi connectivity index (χ2v) is 12.7. The van der Waals surface area contributed by atoms with Gasteiger partial charge in [-0.3, -0.25) is 4.79 Å². The van der Waals surface area contributed by atoms with E-state index >= 15 is 0 Å². The molecule has 0 bridgehead atoms. The predicted octanol–water partition coefficient (Wildman–Crippen LogP) is 5.56. The van der Waals surface area contributed by atoms with Gasteiger partial charge in [-0.1, -0.05) is 31.2 Å². The Morgan fingerprint density at radius 3 is 2.81 bits per heavy atom. The highest BCUT2D eigenvalue weighted by Gasteiger charge is 2.63. The van der Waals surface area contributed by atoms with Crippen molar-refractivity contribution in [3.8, 4) is 11.8 Å². The molecule has 4 aliphatic rings. The fourth-order valence-electron chi connectivity index (χ4n) is 8.56. The monoisotopic (exact) mass is 505 g/mol. The number of allylic oxidation sites excluding steroid dienone is 1. The molecule has 0 amide bonds. The molecule has 5 nitrogen and oxygen atoms in total. The van der Waals surface area contributed by atoms with E-state index in [-0.39, 0.29) is 39.4 Å². The molecule has 3 fully saturated rings. The summed E-state index contributed by atoms with van der Waals surface area (Å²) in [6, 6.07) is 8.51. The molecule has 3 saturated carbocycles. The van der Waals surface area contributed by atoms with Crippen LogP contribution in [-0.2, 0) is 11.2 Å². The molecule has 0 aliphatic heterocycles. The van der Waals surface area contributed by atoms with Gasteiger partial charge in [0.1, 0.15) is 5.82 Å². The van der Waals surface area contributed by atoms with E-state index in [0.29, 0.717) is 18.3 Å². The van der Waals surface area contributed by atoms with Gasteiger partial charge < -0.3 is 5.11 Å². The van der Waals surface area contributed by atoms with Gasteiger partial charge >= 0.3 is 0 Å². The molecule has 0 radical (unpaired) electrons. The summed E-state index contributed by atoms with van der Waals surface area (Å²) in [5, 5.41) is 25.4. The number of aliphatic hydroxyl groups is 1. The van der Waals surface area contributed by atoms with Crippen LogP contribution in [-0.4, -0.2) is 31.9 Å². The molecule has 4 aliphatic carbocycles. The Kier molecular flexibility index (Phi) is 5.69. The van der Waals surface area contributed by atoms with Crippen LogP contribution in [0.4, 0.5) is 4.39 Å². The normalized spacial score (nSPS) is 36.6. The molecule has 36 heavy (non-hydrogen) atoms. The SMILES string of the molecule is C[C@]12Cc3cnn(-c4ccc(F)cc4)c3C=C1CC[C@@H]1[C@@H]2[C@@H](O)C[C@@]2(C)C(C(=O)SCC#N)CC[C@@H]12. The predicted molar refractivity (Wildman–Crippen MR) is 138 cm³/mol. The zero-order valence-corrected chi connectivity index (χ0v) is 21.6. The van der Waals surface area contributed by atoms with Gasteiger partial charge in [0.05, 0.1) is 35.5 Å². The fourth-order valence-corrected chi connectivity index (χ4v) is 9.36. The number of carbonyl (C=O) groups is 1. The summed E-state index contributed by atoms with van der Waals surface area (Å²) in [5.41, 5.74) is 4.09. The summed E-state index contributed by atoms with van der Waals surface area (Å²) in [7, 11) is 0. The number of thioether (sulfide) groups is 1. The van der Waals surface area contributed by atoms with Crippen molar-refractivity contribution in [1.29, 1.82) is 5.26 Å². The summed E-state index contributed by atoms with van der Waals surface area (Å²) in [4.78, 5) is 13.0. The quantitative estimate of drug-likeness (QED) is 0.591. The molecule has 0 spiro atoms. The highest BCUT2D eigenvalue weighted by Crippen LogP contribution is 2.67. The van der Waals surface area contributed by atoms with Crippen molar-refractivity contribution in [2.24, 2.45) is 34.5 Å². The van der Waals surface area contributed by atoms with Crippen molar-refractivity contribution >= 4 is 23.0 Å². The van der Waals surface area contributed by atoms with Crippen molar-refractivity contribution in [2.45, 2.75) is 58.5 Å². The maximum Gasteiger partial charge on any atom is 0.193 e. The molecule has 7 heteroatoms. The third-order valence-electron chi connectivity index (χ3n) is 10.1. The van der Waals surface area contributed by atoms with Crippen molar-refractivity contribution in [3.63, 3.8) is 0 Å². The number of nitrogens with zero attached hydrogens (tertiary/aromatic N) is 3. The van der Waals surface area contributed by atoms with Crippen LogP contribution in [0.25, 0.3) is 11.8 Å². The lowest BCUT2D eigenvalue weighted by Gasteiger charge is -2.59. The van der Waals surface area contributed by atoms with Gasteiger partial charge in [0.25, 0.3) is 0 Å². The molecule has 7 atom stereocenters. The van der Waals surface area contributed by atoms with Crippen molar-refractivity contribution < 1.29 is 14.3 Å². The molecule has 1 aromatic carbocycles. The first kappa shape index (κ1) is 23.9. The first-order valence-corrected chi connectivity index (χ1v) is 14.0. The van der Waals surface area contributed by atoms with Crippen LogP contribution in [0.5, 0.6) is 0 Å². The number of nitriles is 1. The first-order chi connectivity index (χ1) is 17.3. The lowest BCUT2D eigenvalue weighted by molar-refractivity contribution is -0.136. The summed E-state index contributed by atoms with van der Waals surface area (Å²) in [6.45, 7) is 4.54. The third-order valence-corrected chi connectivity index (χ3v) is 10.9. The number of aliphatic hydroxyl groups excluding tert-OH is 1. The van der Waals surface area contributed by atoms with Crippen molar-refractivity contribution in [3.05, 3.63) is 53.1 Å². The summed E-state index contributed by atoms with van der Waals surface area (Å²) < 4.78 is 15.4. The molecular formula is C29H32FN3O2S. The second kappa shape index (κ2) is 8.56. The van der Waals surface area contributed by atoms with Crippen LogP contribution in [0.2, 0.25) is 0 Å². The average Bonchev–Trinajstić information content (AvgIpc) is 3.40. The van der Waals surface area contributed by atoms with Crippen LogP contribution >= 0.6 is 11.8 Å². The Morgan fingerprint density at radius 2 is 2.06 bits per heavy atom. The van der Waals surface area contributed by atoms with E-state index in [9.17, 15) is 14.3 Å². The number of rotatable bonds is 3. The van der Waals surface area contributed by atoms with Gasteiger partial charge in [-0.15, -0.1) is 0 Å². The molecule has 2 aromatic rings. The van der Waals surface area contributed by atoms with Gasteiger partial charge in [-0.25, -0.2) is 9.07 Å². The van der Waals surface area contributed by atoms with Crippen LogP contribution < -0.4 is 0 Å². The van der Waals surface area contributed by atoms with Gasteiger partial charge in [0, 0.05) is 5.92 Å². The van der Waals surface area contributed by atoms with E-state index in [4.69, 9.17) is 5.26 Å². The van der Waals surface area contributed by atoms with E-state index in [1.54, 1.807) is 12.1 Å². The number of halogens is 1. The number of aromatic nitrogens is 2. The third kappa shape index (κ3) is 3.44. The Hall–Kier alpha value is -2.43. The zero-order valence-electron chi connectivity index (χ0n) is 20.8. The number of benzene rings is 1. The summed E-state index contributed by atoms with van der Waals surface area (Å²) >= 11 is 1.15. The minimum Gasteiger partial charge on any atom is -0.393 e. The van der Waals surface area contributed by atoms with Crippen LogP contribution in [0.3, 0.4) is 0 Å². The minimum absolute atomic E-state index is 0.0758. The first-order valence-electron chi connectivity index (χ1n) is 13.0. The Morgan fingerprint density at radius 1 is 1.28 bits per heavy atom. The Bertz CT molecular complexity index is 1280. The Balaban J connectivity index is 1.32. The standard InChI is InChI=1S/C29H32FN3O2S/c1-28-14-17-16-32-33(20-6-4-19(30)5-7-20)24(17)13-18(28)3-8-21-22-9-10-23(27(35)36-12-11-31)29(22,2)15-25(34)26(21)28/h4-7,13,16,21-23,25-26,34H,3,8-10,12,14-15H2,1-2H3/t21-,22-,23?,25-,26+,28-,29+/m0/s1. The largest absolute Gasteiger partial charge is 0.393 e. The number of carbonyl (C=O) groups excluding carboxylic acids is 1. The fraction of sp³-hybridized carbons (Fsp3) is 0.552. The highest BCUT2D eigenvalue weighted by molar-refractivity contribution is 8.13. The maximum atomic E-state index is 13.5. The average molecular weight is 506 g/mol. The second-order valence-electron chi connectivity index (χ2n) is 11.7. The van der Waals surface area contributed by atoms with Gasteiger partial charge in [0.15, 0.2) is 5.12 Å². The topological polar surface area (TPSA) is 78.9 Å². The van der Waals surface area contributed by atoms with Crippen LogP contribution in [0, 0.1) is 51.6 Å². The molecule has 1 unspecified atom stereocenters. The van der Waals surface area contributed by atoms with Crippen molar-refractivity contribution in [1.82, 2.24) is 9.78 Å². The molecular weight excluding hydrogens is 473 g/mol. The smallest absolute Gasteiger partial charge is 0.193 e. The van der Waals surface area contributed by atoms with E-state index < -0.39 is 6.10 Å². The number of fused-ring (bicyclic) bond motifs is 6. The highest BCUT2D eigenvalue weighted by atomic mass is 32.2. The lowest BCUT2D eigenvalue weighted by Crippen LogP contribution is -2.57. The summed E-state index contributed by atoms with van der Waals surface area (Å²) in [5.74, 6) is 0.816. The van der Waals surface area contributed by atoms with Crippen LogP contribution in [0.15, 0.2) is 36.0 Å². The molecule has 6 rings (SSSR count). The molecule has 1 aromatic heterocycles. The van der Waals surface area contributed by atoms with Crippen LogP contribution in [0.1, 0.15) is 57.2 Å². The van der Waals surface area contributed by atoms with E-state index in [1.807, 2.05) is 10.9 Å². The van der Waals surface area contributed by atoms with Gasteiger partial charge in [-0.05, 0) is 103 Å². The van der Waals surface area contributed by atoms with Gasteiger partial charge in [-0.2, -0.15) is 10.4 Å². The summed E-state index contributed by atoms with van der Waals surface area (Å²) in [6.07, 6.45) is 9.10. The number of hydrogen-bond acceptors (Lipinski definition) is 5. The Labute approximate surface area is 215 Å². The number of hydrogen-bond donors (Lipinski definition) is 1. The molecule has 188 valence electrons. The molecule has 1 heterocycles. The van der Waals surface area contributed by atoms with E-state index in [1.165, 1.54) is 23.3 Å². The van der Waals surface area contributed by atoms with E-state index in [2.05, 4.69) is 31.1 Å².